The Morgan fingerprint density at radius 1 is 1.60 bits per heavy atom. The van der Waals surface area contributed by atoms with Crippen LogP contribution in [0.1, 0.15) is 12.7 Å². The van der Waals surface area contributed by atoms with Gasteiger partial charge in [0.2, 0.25) is 0 Å². The van der Waals surface area contributed by atoms with Crippen LogP contribution in [0.15, 0.2) is 6.33 Å². The maximum atomic E-state index is 5.19. The van der Waals surface area contributed by atoms with Crippen LogP contribution < -0.4 is 5.32 Å². The molecule has 1 aliphatic heterocycles. The topological polar surface area (TPSA) is 52.0 Å². The van der Waals surface area contributed by atoms with E-state index in [0.717, 1.165) is 38.5 Å². The summed E-state index contributed by atoms with van der Waals surface area (Å²) < 4.78 is 6.92. The van der Waals surface area contributed by atoms with Gasteiger partial charge in [0.05, 0.1) is 13.2 Å². The first-order chi connectivity index (χ1) is 7.18. The molecule has 5 heteroatoms. The van der Waals surface area contributed by atoms with Crippen LogP contribution in [-0.4, -0.2) is 41.1 Å². The van der Waals surface area contributed by atoms with Crippen molar-refractivity contribution in [1.29, 1.82) is 0 Å². The van der Waals surface area contributed by atoms with E-state index < -0.39 is 0 Å². The van der Waals surface area contributed by atoms with Crippen molar-refractivity contribution in [2.45, 2.75) is 13.3 Å². The Labute approximate surface area is 89.8 Å². The van der Waals surface area contributed by atoms with Gasteiger partial charge in [-0.15, -0.1) is 0 Å². The molecule has 0 radical (unpaired) electrons. The highest BCUT2D eigenvalue weighted by atomic mass is 16.5. The Morgan fingerprint density at radius 2 is 2.40 bits per heavy atom. The highest BCUT2D eigenvalue weighted by Crippen LogP contribution is 2.24. The molecule has 2 heterocycles. The summed E-state index contributed by atoms with van der Waals surface area (Å²) >= 11 is 0. The standard InChI is InChI=1S/C10H18N4O/c1-10(6-15-7-10)5-11-4-3-9-12-8-14(2)13-9/h8,11H,3-7H2,1-2H3. The van der Waals surface area contributed by atoms with Crippen LogP contribution in [0.3, 0.4) is 0 Å². The first-order valence-electron chi connectivity index (χ1n) is 5.31. The first kappa shape index (κ1) is 10.6. The second-order valence-electron chi connectivity index (χ2n) is 4.56. The fourth-order valence-electron chi connectivity index (χ4n) is 1.64. The van der Waals surface area contributed by atoms with Gasteiger partial charge in [-0.3, -0.25) is 4.68 Å². The van der Waals surface area contributed by atoms with Crippen LogP contribution in [-0.2, 0) is 18.2 Å². The Kier molecular flexibility index (Phi) is 3.02. The van der Waals surface area contributed by atoms with E-state index in [1.165, 1.54) is 0 Å². The molecule has 1 saturated heterocycles. The van der Waals surface area contributed by atoms with E-state index in [1.54, 1.807) is 11.0 Å². The molecule has 0 unspecified atom stereocenters. The molecule has 15 heavy (non-hydrogen) atoms. The molecule has 0 bridgehead atoms. The lowest BCUT2D eigenvalue weighted by Crippen LogP contribution is -2.47. The minimum Gasteiger partial charge on any atom is -0.380 e. The Balaban J connectivity index is 1.63. The number of hydrogen-bond acceptors (Lipinski definition) is 4. The summed E-state index contributed by atoms with van der Waals surface area (Å²) in [6.07, 6.45) is 2.62. The summed E-state index contributed by atoms with van der Waals surface area (Å²) in [5.41, 5.74) is 0.345. The maximum Gasteiger partial charge on any atom is 0.151 e. The van der Waals surface area contributed by atoms with E-state index >= 15 is 0 Å². The molecule has 84 valence electrons. The largest absolute Gasteiger partial charge is 0.380 e. The fraction of sp³-hybridized carbons (Fsp3) is 0.800. The van der Waals surface area contributed by atoms with Gasteiger partial charge in [0.1, 0.15) is 6.33 Å². The molecule has 1 N–H and O–H groups in total. The fourth-order valence-corrected chi connectivity index (χ4v) is 1.64. The average molecular weight is 210 g/mol. The molecule has 0 saturated carbocycles. The van der Waals surface area contributed by atoms with Gasteiger partial charge in [-0.2, -0.15) is 5.10 Å². The molecule has 0 aromatic carbocycles. The second-order valence-corrected chi connectivity index (χ2v) is 4.56. The van der Waals surface area contributed by atoms with Crippen LogP contribution >= 0.6 is 0 Å². The molecule has 5 nitrogen and oxygen atoms in total. The molecule has 0 spiro atoms. The third-order valence-corrected chi connectivity index (χ3v) is 2.63. The predicted octanol–water partition coefficient (Wildman–Crippen LogP) is -0.0163. The summed E-state index contributed by atoms with van der Waals surface area (Å²) in [4.78, 5) is 4.17. The van der Waals surface area contributed by atoms with Gasteiger partial charge in [-0.1, -0.05) is 6.92 Å². The number of rotatable bonds is 5. The predicted molar refractivity (Wildman–Crippen MR) is 56.5 cm³/mol. The van der Waals surface area contributed by atoms with Crippen molar-refractivity contribution in [3.05, 3.63) is 12.2 Å². The summed E-state index contributed by atoms with van der Waals surface area (Å²) in [6.45, 7) is 5.94. The molecular weight excluding hydrogens is 192 g/mol. The van der Waals surface area contributed by atoms with Crippen LogP contribution in [0.25, 0.3) is 0 Å². The Hall–Kier alpha value is -0.940. The zero-order valence-corrected chi connectivity index (χ0v) is 9.36. The van der Waals surface area contributed by atoms with E-state index in [1.807, 2.05) is 7.05 Å². The van der Waals surface area contributed by atoms with Crippen molar-refractivity contribution >= 4 is 0 Å². The van der Waals surface area contributed by atoms with Gasteiger partial charge < -0.3 is 10.1 Å². The third-order valence-electron chi connectivity index (χ3n) is 2.63. The van der Waals surface area contributed by atoms with E-state index in [9.17, 15) is 0 Å². The average Bonchev–Trinajstić information content (AvgIpc) is 2.56. The van der Waals surface area contributed by atoms with Gasteiger partial charge >= 0.3 is 0 Å². The molecule has 0 aliphatic carbocycles. The second kappa shape index (κ2) is 4.28. The smallest absolute Gasteiger partial charge is 0.151 e. The van der Waals surface area contributed by atoms with Crippen LogP contribution in [0.5, 0.6) is 0 Å². The van der Waals surface area contributed by atoms with Gasteiger partial charge in [0.25, 0.3) is 0 Å². The normalized spacial score (nSPS) is 18.8. The SMILES string of the molecule is Cn1cnc(CCNCC2(C)COC2)n1. The van der Waals surface area contributed by atoms with Crippen molar-refractivity contribution in [1.82, 2.24) is 20.1 Å². The van der Waals surface area contributed by atoms with E-state index in [0.29, 0.717) is 5.41 Å². The van der Waals surface area contributed by atoms with Crippen molar-refractivity contribution in [3.8, 4) is 0 Å². The van der Waals surface area contributed by atoms with Gasteiger partial charge in [-0.05, 0) is 0 Å². The molecule has 0 atom stereocenters. The summed E-state index contributed by atoms with van der Waals surface area (Å²) in [5.74, 6) is 0.903. The van der Waals surface area contributed by atoms with Gasteiger partial charge in [0.15, 0.2) is 5.82 Å². The van der Waals surface area contributed by atoms with Crippen molar-refractivity contribution in [2.75, 3.05) is 26.3 Å². The monoisotopic (exact) mass is 210 g/mol. The van der Waals surface area contributed by atoms with Gasteiger partial charge in [-0.25, -0.2) is 4.98 Å². The van der Waals surface area contributed by atoms with E-state index in [4.69, 9.17) is 4.74 Å². The molecule has 1 aromatic rings. The summed E-state index contributed by atoms with van der Waals surface area (Å²) in [7, 11) is 1.89. The number of nitrogens with one attached hydrogen (secondary N) is 1. The lowest BCUT2D eigenvalue weighted by molar-refractivity contribution is -0.0988. The van der Waals surface area contributed by atoms with Crippen molar-refractivity contribution in [3.63, 3.8) is 0 Å². The quantitative estimate of drug-likeness (QED) is 0.694. The molecular formula is C10H18N4O. The molecule has 2 rings (SSSR count). The molecule has 1 aromatic heterocycles. The highest BCUT2D eigenvalue weighted by Gasteiger charge is 2.32. The number of nitrogens with zero attached hydrogens (tertiary/aromatic N) is 3. The molecule has 1 fully saturated rings. The third kappa shape index (κ3) is 2.76. The Bertz CT molecular complexity index is 319. The number of aryl methyl sites for hydroxylation is 1. The summed E-state index contributed by atoms with van der Waals surface area (Å²) in [6, 6.07) is 0. The number of aromatic nitrogens is 3. The zero-order valence-electron chi connectivity index (χ0n) is 9.36. The first-order valence-corrected chi connectivity index (χ1v) is 5.31. The molecule has 1 aliphatic rings. The van der Waals surface area contributed by atoms with Gasteiger partial charge in [0, 0.05) is 32.0 Å². The highest BCUT2D eigenvalue weighted by molar-refractivity contribution is 4.85. The van der Waals surface area contributed by atoms with Crippen molar-refractivity contribution < 1.29 is 4.74 Å². The maximum absolute atomic E-state index is 5.19. The minimum absolute atomic E-state index is 0.345. The minimum atomic E-state index is 0.345. The number of ether oxygens (including phenoxy) is 1. The number of hydrogen-bond donors (Lipinski definition) is 1. The van der Waals surface area contributed by atoms with Crippen LogP contribution in [0, 0.1) is 5.41 Å². The van der Waals surface area contributed by atoms with Crippen molar-refractivity contribution in [2.24, 2.45) is 12.5 Å². The zero-order chi connectivity index (χ0) is 10.7. The molecule has 0 amide bonds. The lowest BCUT2D eigenvalue weighted by Gasteiger charge is -2.38. The Morgan fingerprint density at radius 3 is 2.93 bits per heavy atom. The van der Waals surface area contributed by atoms with E-state index in [2.05, 4.69) is 22.3 Å². The van der Waals surface area contributed by atoms with Crippen LogP contribution in [0.2, 0.25) is 0 Å². The van der Waals surface area contributed by atoms with Crippen LogP contribution in [0.4, 0.5) is 0 Å². The lowest BCUT2D eigenvalue weighted by atomic mass is 9.89. The van der Waals surface area contributed by atoms with E-state index in [-0.39, 0.29) is 0 Å². The summed E-state index contributed by atoms with van der Waals surface area (Å²) in [5, 5.41) is 7.64.